The zero-order valence-corrected chi connectivity index (χ0v) is 13.3. The molecule has 1 atom stereocenters. The molecule has 5 nitrogen and oxygen atoms in total. The lowest BCUT2D eigenvalue weighted by Gasteiger charge is -2.35. The maximum absolute atomic E-state index is 12.3. The summed E-state index contributed by atoms with van der Waals surface area (Å²) in [7, 11) is -3.39. The molecule has 0 aromatic carbocycles. The fraction of sp³-hybridized carbons (Fsp3) is 0.643. The molecular weight excluding hydrogens is 276 g/mol. The van der Waals surface area contributed by atoms with Gasteiger partial charge in [-0.25, -0.2) is 13.4 Å². The van der Waals surface area contributed by atoms with E-state index in [9.17, 15) is 8.42 Å². The third-order valence-corrected chi connectivity index (χ3v) is 5.91. The Morgan fingerprint density at radius 3 is 2.55 bits per heavy atom. The smallest absolute Gasteiger partial charge is 0.200 e. The minimum absolute atomic E-state index is 0.134. The minimum atomic E-state index is -3.39. The van der Waals surface area contributed by atoms with E-state index in [0.29, 0.717) is 13.2 Å². The van der Waals surface area contributed by atoms with Crippen LogP contribution in [0.5, 0.6) is 0 Å². The molecule has 0 radical (unpaired) electrons. The molecule has 0 bridgehead atoms. The van der Waals surface area contributed by atoms with Crippen LogP contribution in [0, 0.1) is 0 Å². The fourth-order valence-electron chi connectivity index (χ4n) is 2.13. The highest BCUT2D eigenvalue weighted by atomic mass is 32.2. The quantitative estimate of drug-likeness (QED) is 0.834. The number of rotatable bonds is 2. The van der Waals surface area contributed by atoms with Crippen LogP contribution in [0.25, 0.3) is 0 Å². The Morgan fingerprint density at radius 2 is 2.05 bits per heavy atom. The molecule has 6 heteroatoms. The maximum atomic E-state index is 12.3. The lowest BCUT2D eigenvalue weighted by atomic mass is 10.2. The first kappa shape index (κ1) is 15.3. The van der Waals surface area contributed by atoms with Crippen molar-refractivity contribution in [3.8, 4) is 0 Å². The Balaban J connectivity index is 2.27. The second-order valence-corrected chi connectivity index (χ2v) is 8.74. The average molecular weight is 298 g/mol. The van der Waals surface area contributed by atoms with E-state index < -0.39 is 14.6 Å². The van der Waals surface area contributed by atoms with Gasteiger partial charge in [0.25, 0.3) is 0 Å². The van der Waals surface area contributed by atoms with Crippen molar-refractivity contribution in [2.45, 2.75) is 43.5 Å². The summed E-state index contributed by atoms with van der Waals surface area (Å²) in [5, 5.41) is 0.134. The number of pyridine rings is 1. The summed E-state index contributed by atoms with van der Waals surface area (Å²) in [6.07, 6.45) is 1.64. The van der Waals surface area contributed by atoms with Crippen molar-refractivity contribution in [1.82, 2.24) is 4.98 Å². The number of aromatic nitrogens is 1. The second-order valence-electron chi connectivity index (χ2n) is 6.09. The fourth-order valence-corrected chi connectivity index (χ4v) is 3.19. The summed E-state index contributed by atoms with van der Waals surface area (Å²) in [5.41, 5.74) is 0.939. The standard InChI is InChI=1S/C14H22N2O3S/c1-11-10-19-8-7-16(11)12-5-6-13(15-9-12)20(17,18)14(2,3)4/h5-6,9,11H,7-8,10H2,1-4H3. The molecule has 1 aromatic heterocycles. The van der Waals surface area contributed by atoms with Crippen molar-refractivity contribution in [1.29, 1.82) is 0 Å². The van der Waals surface area contributed by atoms with Gasteiger partial charge in [-0.15, -0.1) is 0 Å². The van der Waals surface area contributed by atoms with Gasteiger partial charge in [0.1, 0.15) is 0 Å². The van der Waals surface area contributed by atoms with Gasteiger partial charge in [0.15, 0.2) is 14.9 Å². The van der Waals surface area contributed by atoms with Gasteiger partial charge in [0, 0.05) is 12.6 Å². The highest BCUT2D eigenvalue weighted by Gasteiger charge is 2.32. The molecule has 2 heterocycles. The average Bonchev–Trinajstić information content (AvgIpc) is 2.38. The van der Waals surface area contributed by atoms with Crippen LogP contribution in [0.2, 0.25) is 0 Å². The monoisotopic (exact) mass is 298 g/mol. The maximum Gasteiger partial charge on any atom is 0.200 e. The Bertz CT molecular complexity index is 561. The molecule has 1 aliphatic rings. The van der Waals surface area contributed by atoms with Crippen LogP contribution in [-0.4, -0.2) is 43.9 Å². The van der Waals surface area contributed by atoms with E-state index in [-0.39, 0.29) is 11.1 Å². The zero-order valence-electron chi connectivity index (χ0n) is 12.5. The van der Waals surface area contributed by atoms with E-state index in [4.69, 9.17) is 4.74 Å². The van der Waals surface area contributed by atoms with Crippen molar-refractivity contribution < 1.29 is 13.2 Å². The van der Waals surface area contributed by atoms with Gasteiger partial charge in [-0.1, -0.05) is 0 Å². The van der Waals surface area contributed by atoms with Gasteiger partial charge < -0.3 is 9.64 Å². The summed E-state index contributed by atoms with van der Waals surface area (Å²) in [5.74, 6) is 0. The third kappa shape index (κ3) is 2.81. The number of morpholine rings is 1. The number of ether oxygens (including phenoxy) is 1. The summed E-state index contributed by atoms with van der Waals surface area (Å²) in [4.78, 5) is 6.34. The summed E-state index contributed by atoms with van der Waals surface area (Å²) >= 11 is 0. The van der Waals surface area contributed by atoms with E-state index in [1.54, 1.807) is 33.0 Å². The Morgan fingerprint density at radius 1 is 1.35 bits per heavy atom. The topological polar surface area (TPSA) is 59.5 Å². The van der Waals surface area contributed by atoms with E-state index in [2.05, 4.69) is 16.8 Å². The Kier molecular flexibility index (Phi) is 4.07. The van der Waals surface area contributed by atoms with E-state index in [1.807, 2.05) is 6.07 Å². The highest BCUT2D eigenvalue weighted by Crippen LogP contribution is 2.25. The highest BCUT2D eigenvalue weighted by molar-refractivity contribution is 7.92. The number of sulfone groups is 1. The van der Waals surface area contributed by atoms with Crippen LogP contribution in [-0.2, 0) is 14.6 Å². The van der Waals surface area contributed by atoms with E-state index in [1.165, 1.54) is 0 Å². The van der Waals surface area contributed by atoms with Gasteiger partial charge in [-0.2, -0.15) is 0 Å². The SMILES string of the molecule is CC1COCCN1c1ccc(S(=O)(=O)C(C)(C)C)nc1. The first-order chi connectivity index (χ1) is 9.23. The number of hydrogen-bond donors (Lipinski definition) is 0. The first-order valence-corrected chi connectivity index (χ1v) is 8.27. The van der Waals surface area contributed by atoms with Crippen molar-refractivity contribution >= 4 is 15.5 Å². The molecule has 1 unspecified atom stereocenters. The van der Waals surface area contributed by atoms with Crippen molar-refractivity contribution in [2.24, 2.45) is 0 Å². The molecule has 1 aromatic rings. The van der Waals surface area contributed by atoms with Crippen molar-refractivity contribution in [3.05, 3.63) is 18.3 Å². The van der Waals surface area contributed by atoms with Gasteiger partial charge in [-0.05, 0) is 39.8 Å². The lowest BCUT2D eigenvalue weighted by molar-refractivity contribution is 0.0989. The molecular formula is C14H22N2O3S. The Hall–Kier alpha value is -1.14. The van der Waals surface area contributed by atoms with Crippen LogP contribution < -0.4 is 4.90 Å². The van der Waals surface area contributed by atoms with Crippen molar-refractivity contribution in [2.75, 3.05) is 24.7 Å². The largest absolute Gasteiger partial charge is 0.377 e. The normalized spacial score (nSPS) is 21.0. The van der Waals surface area contributed by atoms with Gasteiger partial charge >= 0.3 is 0 Å². The second kappa shape index (κ2) is 5.33. The zero-order chi connectivity index (χ0) is 15.0. The lowest BCUT2D eigenvalue weighted by Crippen LogP contribution is -2.43. The number of nitrogens with zero attached hydrogens (tertiary/aromatic N) is 2. The number of hydrogen-bond acceptors (Lipinski definition) is 5. The van der Waals surface area contributed by atoms with Crippen molar-refractivity contribution in [3.63, 3.8) is 0 Å². The van der Waals surface area contributed by atoms with Crippen LogP contribution in [0.15, 0.2) is 23.4 Å². The van der Waals surface area contributed by atoms with E-state index >= 15 is 0 Å². The summed E-state index contributed by atoms with van der Waals surface area (Å²) in [6.45, 7) is 9.30. The van der Waals surface area contributed by atoms with Crippen LogP contribution in [0.3, 0.4) is 0 Å². The first-order valence-electron chi connectivity index (χ1n) is 6.78. The summed E-state index contributed by atoms with van der Waals surface area (Å²) < 4.78 is 29.2. The molecule has 20 heavy (non-hydrogen) atoms. The molecule has 1 saturated heterocycles. The predicted octanol–water partition coefficient (Wildman–Crippen LogP) is 1.88. The molecule has 0 saturated carbocycles. The predicted molar refractivity (Wildman–Crippen MR) is 78.8 cm³/mol. The number of anilines is 1. The molecule has 112 valence electrons. The molecule has 0 amide bonds. The molecule has 1 fully saturated rings. The molecule has 0 aliphatic carbocycles. The third-order valence-electron chi connectivity index (χ3n) is 3.50. The van der Waals surface area contributed by atoms with Crippen LogP contribution >= 0.6 is 0 Å². The molecule has 2 rings (SSSR count). The summed E-state index contributed by atoms with van der Waals surface area (Å²) in [6, 6.07) is 3.70. The van der Waals surface area contributed by atoms with E-state index in [0.717, 1.165) is 12.2 Å². The van der Waals surface area contributed by atoms with Crippen LogP contribution in [0.1, 0.15) is 27.7 Å². The van der Waals surface area contributed by atoms with Gasteiger partial charge in [0.05, 0.1) is 29.8 Å². The molecule has 0 spiro atoms. The minimum Gasteiger partial charge on any atom is -0.377 e. The van der Waals surface area contributed by atoms with Crippen LogP contribution in [0.4, 0.5) is 5.69 Å². The van der Waals surface area contributed by atoms with Gasteiger partial charge in [0.2, 0.25) is 0 Å². The van der Waals surface area contributed by atoms with Gasteiger partial charge in [-0.3, -0.25) is 0 Å². The Labute approximate surface area is 120 Å². The molecule has 0 N–H and O–H groups in total. The molecule has 1 aliphatic heterocycles.